The van der Waals surface area contributed by atoms with Gasteiger partial charge >= 0.3 is 0 Å². The van der Waals surface area contributed by atoms with Crippen molar-refractivity contribution in [2.45, 2.75) is 33.2 Å². The molecule has 3 aromatic heterocycles. The van der Waals surface area contributed by atoms with Gasteiger partial charge in [0.2, 0.25) is 0 Å². The highest BCUT2D eigenvalue weighted by molar-refractivity contribution is 5.94. The number of rotatable bonds is 4. The van der Waals surface area contributed by atoms with Crippen LogP contribution in [0.5, 0.6) is 0 Å². The molecule has 1 saturated heterocycles. The first-order valence-electron chi connectivity index (χ1n) is 9.53. The molecule has 0 saturated carbocycles. The van der Waals surface area contributed by atoms with Gasteiger partial charge in [-0.2, -0.15) is 0 Å². The van der Waals surface area contributed by atoms with Gasteiger partial charge in [0.25, 0.3) is 5.91 Å². The van der Waals surface area contributed by atoms with Crippen LogP contribution in [0.4, 0.5) is 5.82 Å². The summed E-state index contributed by atoms with van der Waals surface area (Å²) in [6, 6.07) is 9.78. The van der Waals surface area contributed by atoms with E-state index in [2.05, 4.69) is 39.6 Å². The maximum absolute atomic E-state index is 12.6. The molecule has 4 heterocycles. The van der Waals surface area contributed by atoms with E-state index in [-0.39, 0.29) is 5.91 Å². The van der Waals surface area contributed by atoms with Crippen molar-refractivity contribution < 1.29 is 4.79 Å². The molecule has 0 bridgehead atoms. The number of amides is 1. The summed E-state index contributed by atoms with van der Waals surface area (Å²) in [4.78, 5) is 23.6. The summed E-state index contributed by atoms with van der Waals surface area (Å²) in [5.74, 6) is 1.40. The zero-order chi connectivity index (χ0) is 18.8. The summed E-state index contributed by atoms with van der Waals surface area (Å²) in [6.45, 7) is 6.53. The molecule has 0 aliphatic carbocycles. The van der Waals surface area contributed by atoms with Crippen LogP contribution < -0.4 is 5.32 Å². The van der Waals surface area contributed by atoms with Gasteiger partial charge in [0, 0.05) is 31.2 Å². The Balaban J connectivity index is 1.40. The quantitative estimate of drug-likeness (QED) is 0.770. The van der Waals surface area contributed by atoms with Gasteiger partial charge in [0.1, 0.15) is 11.5 Å². The summed E-state index contributed by atoms with van der Waals surface area (Å²) in [5, 5.41) is 3.28. The number of aromatic nitrogens is 3. The number of carbonyl (C=O) groups is 1. The zero-order valence-corrected chi connectivity index (χ0v) is 15.9. The first-order chi connectivity index (χ1) is 13.1. The van der Waals surface area contributed by atoms with Gasteiger partial charge in [0.15, 0.2) is 0 Å². The topological polar surface area (TPSA) is 62.5 Å². The fraction of sp³-hybridized carbons (Fsp3) is 0.381. The maximum atomic E-state index is 12.6. The summed E-state index contributed by atoms with van der Waals surface area (Å²) in [7, 11) is 0. The predicted molar refractivity (Wildman–Crippen MR) is 106 cm³/mol. The number of hydrogen-bond acceptors (Lipinski definition) is 4. The Bertz CT molecular complexity index is 947. The molecule has 1 N–H and O–H groups in total. The Morgan fingerprint density at radius 2 is 2.19 bits per heavy atom. The monoisotopic (exact) mass is 363 g/mol. The minimum atomic E-state index is 0.0800. The molecule has 6 heteroatoms. The Labute approximate surface area is 159 Å². The van der Waals surface area contributed by atoms with Gasteiger partial charge in [-0.15, -0.1) is 0 Å². The van der Waals surface area contributed by atoms with Gasteiger partial charge in [-0.05, 0) is 49.9 Å². The van der Waals surface area contributed by atoms with E-state index in [1.807, 2.05) is 35.4 Å². The zero-order valence-electron chi connectivity index (χ0n) is 15.9. The third-order valence-electron chi connectivity index (χ3n) is 5.15. The lowest BCUT2D eigenvalue weighted by atomic mass is 10.00. The Morgan fingerprint density at radius 1 is 1.30 bits per heavy atom. The largest absolute Gasteiger partial charge is 0.364 e. The normalized spacial score (nSPS) is 17.3. The van der Waals surface area contributed by atoms with Gasteiger partial charge in [-0.1, -0.05) is 13.0 Å². The predicted octanol–water partition coefficient (Wildman–Crippen LogP) is 3.52. The number of fused-ring (bicyclic) bond motifs is 1. The first-order valence-corrected chi connectivity index (χ1v) is 9.53. The van der Waals surface area contributed by atoms with Gasteiger partial charge in [-0.25, -0.2) is 9.97 Å². The maximum Gasteiger partial charge on any atom is 0.255 e. The minimum Gasteiger partial charge on any atom is -0.364 e. The molecule has 1 aliphatic rings. The molecule has 1 aliphatic heterocycles. The molecule has 1 atom stereocenters. The van der Waals surface area contributed by atoms with E-state index in [0.29, 0.717) is 18.0 Å². The van der Waals surface area contributed by atoms with Crippen LogP contribution in [0.3, 0.4) is 0 Å². The van der Waals surface area contributed by atoms with Crippen LogP contribution in [0.25, 0.3) is 5.65 Å². The SMILES string of the molecule is Cc1cccc2nc(CNc3ccc(C(=O)N4CCC[C@@H](C)C4)cn3)cn12. The number of piperidine rings is 1. The second kappa shape index (κ2) is 7.39. The molecule has 6 nitrogen and oxygen atoms in total. The number of imidazole rings is 1. The highest BCUT2D eigenvalue weighted by Crippen LogP contribution is 2.18. The van der Waals surface area contributed by atoms with Crippen molar-refractivity contribution in [3.8, 4) is 0 Å². The van der Waals surface area contributed by atoms with Crippen LogP contribution >= 0.6 is 0 Å². The van der Waals surface area contributed by atoms with E-state index in [0.717, 1.165) is 42.4 Å². The third kappa shape index (κ3) is 3.79. The number of nitrogens with one attached hydrogen (secondary N) is 1. The molecular formula is C21H25N5O. The number of anilines is 1. The van der Waals surface area contributed by atoms with Crippen molar-refractivity contribution in [2.24, 2.45) is 5.92 Å². The molecule has 4 rings (SSSR count). The van der Waals surface area contributed by atoms with E-state index < -0.39 is 0 Å². The van der Waals surface area contributed by atoms with E-state index in [4.69, 9.17) is 0 Å². The van der Waals surface area contributed by atoms with Crippen molar-refractivity contribution in [3.63, 3.8) is 0 Å². The van der Waals surface area contributed by atoms with E-state index >= 15 is 0 Å². The lowest BCUT2D eigenvalue weighted by molar-refractivity contribution is 0.0682. The lowest BCUT2D eigenvalue weighted by Crippen LogP contribution is -2.39. The number of aryl methyl sites for hydroxylation is 1. The van der Waals surface area contributed by atoms with Crippen molar-refractivity contribution in [2.75, 3.05) is 18.4 Å². The summed E-state index contributed by atoms with van der Waals surface area (Å²) < 4.78 is 2.08. The standard InChI is InChI=1S/C21H25N5O/c1-15-5-4-10-25(13-15)21(27)17-8-9-19(22-11-17)23-12-18-14-26-16(2)6-3-7-20(26)24-18/h3,6-9,11,14-15H,4-5,10,12-13H2,1-2H3,(H,22,23)/t15-/m1/s1. The van der Waals surface area contributed by atoms with Crippen molar-refractivity contribution in [1.82, 2.24) is 19.3 Å². The molecule has 0 radical (unpaired) electrons. The fourth-order valence-electron chi connectivity index (χ4n) is 3.65. The highest BCUT2D eigenvalue weighted by Gasteiger charge is 2.22. The van der Waals surface area contributed by atoms with E-state index in [1.165, 1.54) is 6.42 Å². The second-order valence-electron chi connectivity index (χ2n) is 7.41. The number of likely N-dealkylation sites (tertiary alicyclic amines) is 1. The molecule has 1 amide bonds. The molecule has 1 fully saturated rings. The van der Waals surface area contributed by atoms with Crippen LogP contribution in [-0.4, -0.2) is 38.3 Å². The second-order valence-corrected chi connectivity index (χ2v) is 7.41. The third-order valence-corrected chi connectivity index (χ3v) is 5.15. The Kier molecular flexibility index (Phi) is 4.79. The van der Waals surface area contributed by atoms with Gasteiger partial charge in [-0.3, -0.25) is 4.79 Å². The minimum absolute atomic E-state index is 0.0800. The Hall–Kier alpha value is -2.89. The lowest BCUT2D eigenvalue weighted by Gasteiger charge is -2.30. The van der Waals surface area contributed by atoms with Crippen molar-refractivity contribution >= 4 is 17.4 Å². The molecule has 0 spiro atoms. The summed E-state index contributed by atoms with van der Waals surface area (Å²) >= 11 is 0. The molecule has 3 aromatic rings. The van der Waals surface area contributed by atoms with E-state index in [1.54, 1.807) is 6.20 Å². The molecule has 0 unspecified atom stereocenters. The fourth-order valence-corrected chi connectivity index (χ4v) is 3.65. The average molecular weight is 363 g/mol. The molecule has 27 heavy (non-hydrogen) atoms. The number of hydrogen-bond donors (Lipinski definition) is 1. The van der Waals surface area contributed by atoms with Crippen LogP contribution in [0.2, 0.25) is 0 Å². The number of carbonyl (C=O) groups excluding carboxylic acids is 1. The number of pyridine rings is 2. The van der Waals surface area contributed by atoms with Crippen LogP contribution in [0.15, 0.2) is 42.7 Å². The number of nitrogens with zero attached hydrogens (tertiary/aromatic N) is 4. The molecule has 140 valence electrons. The molecular weight excluding hydrogens is 338 g/mol. The van der Waals surface area contributed by atoms with Crippen molar-refractivity contribution in [3.05, 3.63) is 59.7 Å². The smallest absolute Gasteiger partial charge is 0.255 e. The van der Waals surface area contributed by atoms with E-state index in [9.17, 15) is 4.79 Å². The van der Waals surface area contributed by atoms with Crippen LogP contribution in [-0.2, 0) is 6.54 Å². The van der Waals surface area contributed by atoms with Crippen LogP contribution in [0, 0.1) is 12.8 Å². The van der Waals surface area contributed by atoms with Crippen molar-refractivity contribution in [1.29, 1.82) is 0 Å². The summed E-state index contributed by atoms with van der Waals surface area (Å²) in [5.41, 5.74) is 3.70. The average Bonchev–Trinajstić information content (AvgIpc) is 3.11. The highest BCUT2D eigenvalue weighted by atomic mass is 16.2. The molecule has 0 aromatic carbocycles. The van der Waals surface area contributed by atoms with Gasteiger partial charge < -0.3 is 14.6 Å². The summed E-state index contributed by atoms with van der Waals surface area (Å²) in [6.07, 6.45) is 5.98. The van der Waals surface area contributed by atoms with Gasteiger partial charge in [0.05, 0.1) is 17.8 Å². The van der Waals surface area contributed by atoms with Crippen LogP contribution in [0.1, 0.15) is 41.5 Å². The first kappa shape index (κ1) is 17.5. The Morgan fingerprint density at radius 3 is 2.93 bits per heavy atom.